The number of rotatable bonds is 2. The van der Waals surface area contributed by atoms with Gasteiger partial charge in [-0.05, 0) is 18.9 Å². The van der Waals surface area contributed by atoms with Crippen LogP contribution in [0.3, 0.4) is 0 Å². The number of hydrogen-bond acceptors (Lipinski definition) is 1. The number of amidine groups is 1. The van der Waals surface area contributed by atoms with Gasteiger partial charge >= 0.3 is 0 Å². The summed E-state index contributed by atoms with van der Waals surface area (Å²) in [6.45, 7) is 7.35. The molecule has 0 rings (SSSR count). The fourth-order valence-corrected chi connectivity index (χ4v) is 0.279. The summed E-state index contributed by atoms with van der Waals surface area (Å²) in [4.78, 5) is 3.75. The molecule has 0 spiro atoms. The van der Waals surface area contributed by atoms with Gasteiger partial charge in [-0.15, -0.1) is 0 Å². The topological polar surface area (TPSA) is 36.2 Å². The second-order valence-corrected chi connectivity index (χ2v) is 1.86. The monoisotopic (exact) mass is 124 g/mol. The van der Waals surface area contributed by atoms with E-state index in [-0.39, 0.29) is 0 Å². The van der Waals surface area contributed by atoms with Gasteiger partial charge in [0.25, 0.3) is 0 Å². The van der Waals surface area contributed by atoms with Crippen molar-refractivity contribution in [2.45, 2.75) is 20.3 Å². The number of nitrogens with one attached hydrogen (secondary N) is 1. The Morgan fingerprint density at radius 3 is 2.67 bits per heavy atom. The highest BCUT2D eigenvalue weighted by Gasteiger charge is 1.81. The van der Waals surface area contributed by atoms with Crippen molar-refractivity contribution in [1.82, 2.24) is 0 Å². The summed E-state index contributed by atoms with van der Waals surface area (Å²) < 4.78 is 0. The summed E-state index contributed by atoms with van der Waals surface area (Å²) in [5, 5.41) is 6.92. The SMILES string of the molecule is C=C(C=NC(C)=N)CC. The van der Waals surface area contributed by atoms with Crippen LogP contribution >= 0.6 is 0 Å². The van der Waals surface area contributed by atoms with Gasteiger partial charge < -0.3 is 0 Å². The highest BCUT2D eigenvalue weighted by molar-refractivity contribution is 5.91. The van der Waals surface area contributed by atoms with Crippen LogP contribution in [0.4, 0.5) is 0 Å². The van der Waals surface area contributed by atoms with Crippen molar-refractivity contribution in [3.8, 4) is 0 Å². The van der Waals surface area contributed by atoms with Gasteiger partial charge in [0, 0.05) is 6.21 Å². The van der Waals surface area contributed by atoms with E-state index in [1.807, 2.05) is 6.92 Å². The Bertz CT molecular complexity index is 145. The van der Waals surface area contributed by atoms with Crippen LogP contribution in [0.5, 0.6) is 0 Å². The first-order valence-electron chi connectivity index (χ1n) is 2.93. The van der Waals surface area contributed by atoms with E-state index in [1.165, 1.54) is 0 Å². The van der Waals surface area contributed by atoms with Crippen LogP contribution in [0, 0.1) is 5.41 Å². The Kier molecular flexibility index (Phi) is 3.60. The van der Waals surface area contributed by atoms with Crippen molar-refractivity contribution in [3.05, 3.63) is 12.2 Å². The van der Waals surface area contributed by atoms with Gasteiger partial charge in [0.15, 0.2) is 0 Å². The van der Waals surface area contributed by atoms with Crippen LogP contribution in [0.25, 0.3) is 0 Å². The Labute approximate surface area is 55.8 Å². The molecule has 0 aromatic carbocycles. The fourth-order valence-electron chi connectivity index (χ4n) is 0.279. The molecule has 2 heteroatoms. The van der Waals surface area contributed by atoms with Crippen molar-refractivity contribution < 1.29 is 0 Å². The van der Waals surface area contributed by atoms with Crippen LogP contribution < -0.4 is 0 Å². The van der Waals surface area contributed by atoms with Gasteiger partial charge in [-0.1, -0.05) is 13.5 Å². The van der Waals surface area contributed by atoms with E-state index in [1.54, 1.807) is 13.1 Å². The summed E-state index contributed by atoms with van der Waals surface area (Å²) in [5.41, 5.74) is 0.960. The zero-order valence-corrected chi connectivity index (χ0v) is 5.94. The molecule has 9 heavy (non-hydrogen) atoms. The molecule has 0 radical (unpaired) electrons. The smallest absolute Gasteiger partial charge is 0.117 e. The minimum absolute atomic E-state index is 0.324. The van der Waals surface area contributed by atoms with E-state index in [4.69, 9.17) is 5.41 Å². The number of nitrogens with zero attached hydrogens (tertiary/aromatic N) is 1. The van der Waals surface area contributed by atoms with Crippen molar-refractivity contribution in [2.24, 2.45) is 4.99 Å². The van der Waals surface area contributed by atoms with Crippen LogP contribution in [-0.4, -0.2) is 12.1 Å². The van der Waals surface area contributed by atoms with Gasteiger partial charge in [-0.3, -0.25) is 5.41 Å². The van der Waals surface area contributed by atoms with Gasteiger partial charge in [-0.25, -0.2) is 4.99 Å². The molecule has 0 fully saturated rings. The molecule has 1 N–H and O–H groups in total. The van der Waals surface area contributed by atoms with Crippen molar-refractivity contribution in [2.75, 3.05) is 0 Å². The largest absolute Gasteiger partial charge is 0.287 e. The standard InChI is InChI=1S/C7H12N2/c1-4-6(2)5-9-7(3)8/h5,8H,2,4H2,1,3H3. The molecular formula is C7H12N2. The molecule has 0 aliphatic rings. The molecule has 0 atom stereocenters. The average Bonchev–Trinajstić information content (AvgIpc) is 1.83. The van der Waals surface area contributed by atoms with Crippen molar-refractivity contribution >= 4 is 12.1 Å². The normalized spacial score (nSPS) is 10.0. The first-order chi connectivity index (χ1) is 4.16. The average molecular weight is 124 g/mol. The molecule has 2 nitrogen and oxygen atoms in total. The van der Waals surface area contributed by atoms with E-state index in [2.05, 4.69) is 11.6 Å². The van der Waals surface area contributed by atoms with Crippen molar-refractivity contribution in [1.29, 1.82) is 5.41 Å². The molecular weight excluding hydrogens is 112 g/mol. The predicted molar refractivity (Wildman–Crippen MR) is 41.3 cm³/mol. The lowest BCUT2D eigenvalue weighted by Crippen LogP contribution is -1.84. The van der Waals surface area contributed by atoms with Crippen LogP contribution in [-0.2, 0) is 0 Å². The minimum Gasteiger partial charge on any atom is -0.287 e. The summed E-state index contributed by atoms with van der Waals surface area (Å²) in [7, 11) is 0. The molecule has 0 aromatic heterocycles. The number of aliphatic imine (C=N–C) groups is 1. The maximum Gasteiger partial charge on any atom is 0.117 e. The number of allylic oxidation sites excluding steroid dienone is 1. The molecule has 0 saturated carbocycles. The lowest BCUT2D eigenvalue weighted by atomic mass is 10.3. The summed E-state index contributed by atoms with van der Waals surface area (Å²) >= 11 is 0. The van der Waals surface area contributed by atoms with Crippen molar-refractivity contribution in [3.63, 3.8) is 0 Å². The molecule has 0 bridgehead atoms. The van der Waals surface area contributed by atoms with E-state index < -0.39 is 0 Å². The second-order valence-electron chi connectivity index (χ2n) is 1.86. The third-order valence-corrected chi connectivity index (χ3v) is 0.895. The summed E-state index contributed by atoms with van der Waals surface area (Å²) in [6, 6.07) is 0. The quantitative estimate of drug-likeness (QED) is 0.432. The molecule has 50 valence electrons. The first-order valence-corrected chi connectivity index (χ1v) is 2.93. The Morgan fingerprint density at radius 2 is 2.33 bits per heavy atom. The lowest BCUT2D eigenvalue weighted by Gasteiger charge is -1.88. The number of hydrogen-bond donors (Lipinski definition) is 1. The third kappa shape index (κ3) is 4.94. The van der Waals surface area contributed by atoms with Gasteiger partial charge in [0.05, 0.1) is 0 Å². The molecule has 0 unspecified atom stereocenters. The minimum atomic E-state index is 0.324. The highest BCUT2D eigenvalue weighted by atomic mass is 14.8. The summed E-state index contributed by atoms with van der Waals surface area (Å²) in [6.07, 6.45) is 2.53. The highest BCUT2D eigenvalue weighted by Crippen LogP contribution is 1.90. The molecule has 0 amide bonds. The van der Waals surface area contributed by atoms with Crippen LogP contribution in [0.1, 0.15) is 20.3 Å². The van der Waals surface area contributed by atoms with E-state index in [0.717, 1.165) is 12.0 Å². The lowest BCUT2D eigenvalue weighted by molar-refractivity contribution is 1.19. The van der Waals surface area contributed by atoms with Crippen LogP contribution in [0.15, 0.2) is 17.1 Å². The van der Waals surface area contributed by atoms with E-state index in [0.29, 0.717) is 5.84 Å². The molecule has 0 aliphatic heterocycles. The van der Waals surface area contributed by atoms with Gasteiger partial charge in [0.1, 0.15) is 5.84 Å². The zero-order valence-electron chi connectivity index (χ0n) is 5.94. The van der Waals surface area contributed by atoms with E-state index in [9.17, 15) is 0 Å². The third-order valence-electron chi connectivity index (χ3n) is 0.895. The maximum atomic E-state index is 6.92. The van der Waals surface area contributed by atoms with Gasteiger partial charge in [0.2, 0.25) is 0 Å². The Hall–Kier alpha value is -0.920. The maximum absolute atomic E-state index is 6.92. The second kappa shape index (κ2) is 4.01. The first kappa shape index (κ1) is 8.08. The fraction of sp³-hybridized carbons (Fsp3) is 0.429. The molecule has 0 aliphatic carbocycles. The van der Waals surface area contributed by atoms with Crippen LogP contribution in [0.2, 0.25) is 0 Å². The Morgan fingerprint density at radius 1 is 1.78 bits per heavy atom. The molecule has 0 aromatic rings. The zero-order chi connectivity index (χ0) is 7.28. The summed E-state index contributed by atoms with van der Waals surface area (Å²) in [5.74, 6) is 0.324. The van der Waals surface area contributed by atoms with E-state index >= 15 is 0 Å². The molecule has 0 saturated heterocycles. The molecule has 0 heterocycles. The Balaban J connectivity index is 3.71. The van der Waals surface area contributed by atoms with Gasteiger partial charge in [-0.2, -0.15) is 0 Å². The predicted octanol–water partition coefficient (Wildman–Crippen LogP) is 2.02.